The van der Waals surface area contributed by atoms with E-state index >= 15 is 0 Å². The van der Waals surface area contributed by atoms with Crippen molar-refractivity contribution in [3.05, 3.63) is 58.3 Å². The molecule has 5 nitrogen and oxygen atoms in total. The van der Waals surface area contributed by atoms with Crippen molar-refractivity contribution in [3.63, 3.8) is 0 Å². The second-order valence-corrected chi connectivity index (χ2v) is 5.17. The van der Waals surface area contributed by atoms with E-state index in [9.17, 15) is 10.1 Å². The highest BCUT2D eigenvalue weighted by Crippen LogP contribution is 2.27. The predicted molar refractivity (Wildman–Crippen MR) is 74.1 cm³/mol. The number of benzene rings is 1. The molecule has 2 aromatic rings. The molecule has 0 radical (unpaired) electrons. The Hall–Kier alpha value is -1.92. The molecule has 1 atom stereocenters. The number of rotatable bonds is 4. The summed E-state index contributed by atoms with van der Waals surface area (Å²) in [5.41, 5.74) is 6.82. The summed E-state index contributed by atoms with van der Waals surface area (Å²) >= 11 is 1.45. The van der Waals surface area contributed by atoms with Gasteiger partial charge in [0, 0.05) is 29.3 Å². The van der Waals surface area contributed by atoms with Gasteiger partial charge in [0.25, 0.3) is 5.69 Å². The smallest absolute Gasteiger partial charge is 0.269 e. The second-order valence-electron chi connectivity index (χ2n) is 4.07. The van der Waals surface area contributed by atoms with Gasteiger partial charge in [0.1, 0.15) is 5.03 Å². The van der Waals surface area contributed by atoms with Gasteiger partial charge in [-0.05, 0) is 30.7 Å². The van der Waals surface area contributed by atoms with E-state index in [1.165, 1.54) is 23.9 Å². The highest BCUT2D eigenvalue weighted by Gasteiger charge is 2.06. The van der Waals surface area contributed by atoms with Crippen LogP contribution in [0.1, 0.15) is 18.5 Å². The Labute approximate surface area is 115 Å². The molecule has 0 spiro atoms. The fourth-order valence-electron chi connectivity index (χ4n) is 1.48. The molecule has 0 aliphatic heterocycles. The maximum Gasteiger partial charge on any atom is 0.269 e. The Morgan fingerprint density at radius 3 is 2.42 bits per heavy atom. The van der Waals surface area contributed by atoms with Crippen molar-refractivity contribution in [2.45, 2.75) is 22.9 Å². The molecule has 1 aromatic carbocycles. The summed E-state index contributed by atoms with van der Waals surface area (Å²) in [6.07, 6.45) is 1.75. The minimum Gasteiger partial charge on any atom is -0.324 e. The van der Waals surface area contributed by atoms with Crippen LogP contribution < -0.4 is 5.73 Å². The highest BCUT2D eigenvalue weighted by atomic mass is 32.2. The number of aromatic nitrogens is 1. The summed E-state index contributed by atoms with van der Waals surface area (Å²) in [6, 6.07) is 10.2. The van der Waals surface area contributed by atoms with Gasteiger partial charge in [-0.2, -0.15) is 0 Å². The fraction of sp³-hybridized carbons (Fsp3) is 0.154. The van der Waals surface area contributed by atoms with Crippen LogP contribution in [-0.2, 0) is 0 Å². The van der Waals surface area contributed by atoms with E-state index in [4.69, 9.17) is 5.73 Å². The highest BCUT2D eigenvalue weighted by molar-refractivity contribution is 7.99. The van der Waals surface area contributed by atoms with E-state index in [-0.39, 0.29) is 11.7 Å². The molecule has 0 aliphatic rings. The van der Waals surface area contributed by atoms with Crippen LogP contribution in [0.15, 0.2) is 52.5 Å². The lowest BCUT2D eigenvalue weighted by atomic mass is 10.2. The van der Waals surface area contributed by atoms with Gasteiger partial charge in [-0.1, -0.05) is 17.8 Å². The van der Waals surface area contributed by atoms with Crippen LogP contribution in [0.2, 0.25) is 0 Å². The number of nitro benzene ring substituents is 1. The maximum atomic E-state index is 10.5. The largest absolute Gasteiger partial charge is 0.324 e. The van der Waals surface area contributed by atoms with Crippen LogP contribution in [0.3, 0.4) is 0 Å². The molecule has 2 rings (SSSR count). The van der Waals surface area contributed by atoms with Crippen molar-refractivity contribution in [2.75, 3.05) is 0 Å². The molecule has 98 valence electrons. The zero-order valence-corrected chi connectivity index (χ0v) is 11.1. The standard InChI is InChI=1S/C13H13N3O2S/c1-9(14)10-2-7-13(15-8-10)19-12-5-3-11(4-6-12)16(17)18/h2-9H,14H2,1H3/t9-/m1/s1. The third-order valence-electron chi connectivity index (χ3n) is 2.55. The Morgan fingerprint density at radius 1 is 1.26 bits per heavy atom. The Balaban J connectivity index is 2.10. The molecule has 6 heteroatoms. The van der Waals surface area contributed by atoms with Gasteiger partial charge in [-0.3, -0.25) is 10.1 Å². The first kappa shape index (κ1) is 13.5. The Kier molecular flexibility index (Phi) is 4.13. The lowest BCUT2D eigenvalue weighted by Crippen LogP contribution is -2.04. The van der Waals surface area contributed by atoms with Gasteiger partial charge in [0.2, 0.25) is 0 Å². The fourth-order valence-corrected chi connectivity index (χ4v) is 2.23. The molecule has 0 fully saturated rings. The third kappa shape index (κ3) is 3.52. The summed E-state index contributed by atoms with van der Waals surface area (Å²) in [6.45, 7) is 1.90. The predicted octanol–water partition coefficient (Wildman–Crippen LogP) is 3.16. The maximum absolute atomic E-state index is 10.5. The number of nitrogens with zero attached hydrogens (tertiary/aromatic N) is 2. The monoisotopic (exact) mass is 275 g/mol. The van der Waals surface area contributed by atoms with E-state index in [0.717, 1.165) is 15.5 Å². The molecule has 19 heavy (non-hydrogen) atoms. The summed E-state index contributed by atoms with van der Waals surface area (Å²) in [4.78, 5) is 15.3. The van der Waals surface area contributed by atoms with Crippen LogP contribution >= 0.6 is 11.8 Å². The van der Waals surface area contributed by atoms with Crippen molar-refractivity contribution < 1.29 is 4.92 Å². The molecule has 1 aromatic heterocycles. The van der Waals surface area contributed by atoms with E-state index in [0.29, 0.717) is 0 Å². The topological polar surface area (TPSA) is 82.0 Å². The number of hydrogen-bond donors (Lipinski definition) is 1. The molecule has 0 bridgehead atoms. The zero-order valence-electron chi connectivity index (χ0n) is 10.3. The normalized spacial score (nSPS) is 12.1. The van der Waals surface area contributed by atoms with Crippen molar-refractivity contribution in [2.24, 2.45) is 5.73 Å². The van der Waals surface area contributed by atoms with Gasteiger partial charge in [-0.15, -0.1) is 0 Å². The Morgan fingerprint density at radius 2 is 1.95 bits per heavy atom. The summed E-state index contributed by atoms with van der Waals surface area (Å²) < 4.78 is 0. The summed E-state index contributed by atoms with van der Waals surface area (Å²) in [5, 5.41) is 11.4. The first-order valence-electron chi connectivity index (χ1n) is 5.70. The van der Waals surface area contributed by atoms with Crippen LogP contribution in [0.25, 0.3) is 0 Å². The van der Waals surface area contributed by atoms with Gasteiger partial charge in [0.05, 0.1) is 4.92 Å². The first-order chi connectivity index (χ1) is 9.06. The number of pyridine rings is 1. The lowest BCUT2D eigenvalue weighted by molar-refractivity contribution is -0.384. The minimum atomic E-state index is -0.413. The second kappa shape index (κ2) is 5.81. The van der Waals surface area contributed by atoms with E-state index < -0.39 is 4.92 Å². The van der Waals surface area contributed by atoms with Gasteiger partial charge < -0.3 is 5.73 Å². The van der Waals surface area contributed by atoms with Crippen molar-refractivity contribution in [1.29, 1.82) is 0 Å². The third-order valence-corrected chi connectivity index (χ3v) is 3.51. The van der Waals surface area contributed by atoms with Gasteiger partial charge >= 0.3 is 0 Å². The first-order valence-corrected chi connectivity index (χ1v) is 6.52. The molecular weight excluding hydrogens is 262 g/mol. The molecule has 1 heterocycles. The molecule has 0 saturated carbocycles. The van der Waals surface area contributed by atoms with E-state index in [2.05, 4.69) is 4.98 Å². The SMILES string of the molecule is C[C@@H](N)c1ccc(Sc2ccc([N+](=O)[O-])cc2)nc1. The Bertz CT molecular complexity index is 567. The average Bonchev–Trinajstić information content (AvgIpc) is 2.40. The van der Waals surface area contributed by atoms with Crippen molar-refractivity contribution in [3.8, 4) is 0 Å². The molecule has 0 unspecified atom stereocenters. The lowest BCUT2D eigenvalue weighted by Gasteiger charge is -2.05. The van der Waals surface area contributed by atoms with E-state index in [1.54, 1.807) is 18.3 Å². The van der Waals surface area contributed by atoms with Crippen molar-refractivity contribution in [1.82, 2.24) is 4.98 Å². The van der Waals surface area contributed by atoms with Crippen LogP contribution in [0, 0.1) is 10.1 Å². The van der Waals surface area contributed by atoms with Crippen LogP contribution in [-0.4, -0.2) is 9.91 Å². The number of hydrogen-bond acceptors (Lipinski definition) is 5. The number of nitro groups is 1. The summed E-state index contributed by atoms with van der Waals surface area (Å²) in [7, 11) is 0. The van der Waals surface area contributed by atoms with Crippen LogP contribution in [0.4, 0.5) is 5.69 Å². The minimum absolute atomic E-state index is 0.0362. The van der Waals surface area contributed by atoms with Gasteiger partial charge in [-0.25, -0.2) is 4.98 Å². The zero-order chi connectivity index (χ0) is 13.8. The number of nitrogens with two attached hydrogens (primary N) is 1. The summed E-state index contributed by atoms with van der Waals surface area (Å²) in [5.74, 6) is 0. The average molecular weight is 275 g/mol. The van der Waals surface area contributed by atoms with Crippen molar-refractivity contribution >= 4 is 17.4 Å². The van der Waals surface area contributed by atoms with Crippen LogP contribution in [0.5, 0.6) is 0 Å². The molecule has 0 amide bonds. The van der Waals surface area contributed by atoms with E-state index in [1.807, 2.05) is 19.1 Å². The quantitative estimate of drug-likeness (QED) is 0.684. The molecule has 0 saturated heterocycles. The molecule has 0 aliphatic carbocycles. The number of non-ortho nitro benzene ring substituents is 1. The molecular formula is C13H13N3O2S. The van der Waals surface area contributed by atoms with Gasteiger partial charge in [0.15, 0.2) is 0 Å². The molecule has 2 N–H and O–H groups in total.